The molecule has 2 aromatic carbocycles. The minimum Gasteiger partial charge on any atom is -0.357 e. The van der Waals surface area contributed by atoms with Crippen molar-refractivity contribution in [2.45, 2.75) is 26.7 Å². The molecule has 1 aliphatic rings. The number of fused-ring (bicyclic) bond motifs is 1. The number of benzene rings is 2. The van der Waals surface area contributed by atoms with Gasteiger partial charge in [0.05, 0.1) is 17.1 Å². The monoisotopic (exact) mass is 276 g/mol. The average Bonchev–Trinajstić information content (AvgIpc) is 2.65. The summed E-state index contributed by atoms with van der Waals surface area (Å²) in [6.45, 7) is 6.49. The van der Waals surface area contributed by atoms with Crippen molar-refractivity contribution in [3.05, 3.63) is 71.4 Å². The van der Waals surface area contributed by atoms with Gasteiger partial charge in [-0.2, -0.15) is 0 Å². The van der Waals surface area contributed by atoms with Crippen molar-refractivity contribution in [1.29, 1.82) is 0 Å². The maximum atomic E-state index is 4.81. The van der Waals surface area contributed by atoms with Gasteiger partial charge in [0.25, 0.3) is 0 Å². The summed E-state index contributed by atoms with van der Waals surface area (Å²) in [4.78, 5) is 4.81. The van der Waals surface area contributed by atoms with Gasteiger partial charge in [-0.1, -0.05) is 50.2 Å². The molecule has 0 atom stereocenters. The lowest BCUT2D eigenvalue weighted by atomic mass is 10.00. The van der Waals surface area contributed by atoms with Crippen molar-refractivity contribution in [1.82, 2.24) is 0 Å². The highest BCUT2D eigenvalue weighted by Crippen LogP contribution is 2.29. The van der Waals surface area contributed by atoms with Gasteiger partial charge in [-0.3, -0.25) is 0 Å². The number of aliphatic imine (C=N–C) groups is 1. The minimum atomic E-state index is 0.551. The van der Waals surface area contributed by atoms with E-state index >= 15 is 0 Å². The van der Waals surface area contributed by atoms with Crippen LogP contribution in [0, 0.1) is 0 Å². The second-order valence-corrected chi connectivity index (χ2v) is 5.74. The zero-order valence-electron chi connectivity index (χ0n) is 12.7. The van der Waals surface area contributed by atoms with E-state index in [4.69, 9.17) is 4.99 Å². The van der Waals surface area contributed by atoms with E-state index in [1.807, 2.05) is 18.2 Å². The zero-order valence-corrected chi connectivity index (χ0v) is 12.7. The molecule has 3 rings (SSSR count). The number of hydrogen-bond donors (Lipinski definition) is 1. The van der Waals surface area contributed by atoms with E-state index in [0.717, 1.165) is 28.3 Å². The van der Waals surface area contributed by atoms with Crippen LogP contribution in [0.15, 0.2) is 65.3 Å². The molecule has 2 aromatic rings. The predicted octanol–water partition coefficient (Wildman–Crippen LogP) is 5.26. The van der Waals surface area contributed by atoms with E-state index in [-0.39, 0.29) is 0 Å². The minimum absolute atomic E-state index is 0.551. The summed E-state index contributed by atoms with van der Waals surface area (Å²) >= 11 is 0. The molecule has 0 radical (unpaired) electrons. The van der Waals surface area contributed by atoms with Crippen molar-refractivity contribution in [3.63, 3.8) is 0 Å². The van der Waals surface area contributed by atoms with Crippen molar-refractivity contribution in [2.24, 2.45) is 4.99 Å². The third kappa shape index (κ3) is 2.89. The third-order valence-electron chi connectivity index (χ3n) is 3.70. The van der Waals surface area contributed by atoms with E-state index in [1.165, 1.54) is 5.56 Å². The molecule has 106 valence electrons. The Labute approximate surface area is 126 Å². The first-order valence-corrected chi connectivity index (χ1v) is 7.37. The molecule has 1 N–H and O–H groups in total. The van der Waals surface area contributed by atoms with Gasteiger partial charge in [0, 0.05) is 11.3 Å². The Bertz CT molecular complexity index is 707. The number of allylic oxidation sites excluding steroid dienone is 2. The van der Waals surface area contributed by atoms with Crippen molar-refractivity contribution >= 4 is 17.1 Å². The average molecular weight is 276 g/mol. The smallest absolute Gasteiger partial charge is 0.0871 e. The standard InChI is InChI=1S/C19H20N2/c1-13(2)15-8-10-16(11-9-15)19-12-14(3)20-17-6-4-5-7-18(17)21-19/h4-13,20H,1-3H3. The lowest BCUT2D eigenvalue weighted by Crippen LogP contribution is -2.00. The Hall–Kier alpha value is -2.35. The lowest BCUT2D eigenvalue weighted by molar-refractivity contribution is 0.866. The molecule has 0 bridgehead atoms. The fourth-order valence-electron chi connectivity index (χ4n) is 2.48. The normalized spacial score (nSPS) is 13.9. The topological polar surface area (TPSA) is 24.4 Å². The molecule has 0 aromatic heterocycles. The Morgan fingerprint density at radius 2 is 1.67 bits per heavy atom. The van der Waals surface area contributed by atoms with Crippen LogP contribution < -0.4 is 5.32 Å². The second kappa shape index (κ2) is 5.57. The summed E-state index contributed by atoms with van der Waals surface area (Å²) in [7, 11) is 0. The molecule has 0 fully saturated rings. The fraction of sp³-hybridized carbons (Fsp3) is 0.211. The summed E-state index contributed by atoms with van der Waals surface area (Å²) in [6, 6.07) is 16.8. The molecule has 0 aliphatic carbocycles. The fourth-order valence-corrected chi connectivity index (χ4v) is 2.48. The Morgan fingerprint density at radius 1 is 0.952 bits per heavy atom. The van der Waals surface area contributed by atoms with Crippen molar-refractivity contribution < 1.29 is 0 Å². The number of nitrogens with one attached hydrogen (secondary N) is 1. The van der Waals surface area contributed by atoms with Gasteiger partial charge in [0.2, 0.25) is 0 Å². The molecular weight excluding hydrogens is 256 g/mol. The largest absolute Gasteiger partial charge is 0.357 e. The van der Waals surface area contributed by atoms with Gasteiger partial charge in [0.15, 0.2) is 0 Å². The SMILES string of the molecule is CC1=CC(c2ccc(C(C)C)cc2)=Nc2ccccc2N1. The van der Waals surface area contributed by atoms with Gasteiger partial charge < -0.3 is 5.32 Å². The Kier molecular flexibility index (Phi) is 3.61. The Morgan fingerprint density at radius 3 is 2.38 bits per heavy atom. The predicted molar refractivity (Wildman–Crippen MR) is 90.5 cm³/mol. The van der Waals surface area contributed by atoms with Gasteiger partial charge in [0.1, 0.15) is 0 Å². The molecule has 1 heterocycles. The molecule has 0 amide bonds. The summed E-state index contributed by atoms with van der Waals surface area (Å²) in [5.41, 5.74) is 6.64. The molecule has 0 unspecified atom stereocenters. The van der Waals surface area contributed by atoms with E-state index in [2.05, 4.69) is 62.5 Å². The number of anilines is 1. The van der Waals surface area contributed by atoms with Crippen LogP contribution in [0.4, 0.5) is 11.4 Å². The first-order chi connectivity index (χ1) is 10.1. The molecule has 2 heteroatoms. The van der Waals surface area contributed by atoms with E-state index < -0.39 is 0 Å². The summed E-state index contributed by atoms with van der Waals surface area (Å²) < 4.78 is 0. The summed E-state index contributed by atoms with van der Waals surface area (Å²) in [5.74, 6) is 0.551. The van der Waals surface area contributed by atoms with Crippen LogP contribution in [-0.4, -0.2) is 5.71 Å². The number of hydrogen-bond acceptors (Lipinski definition) is 2. The third-order valence-corrected chi connectivity index (χ3v) is 3.70. The highest BCUT2D eigenvalue weighted by Gasteiger charge is 2.10. The molecule has 1 aliphatic heterocycles. The van der Waals surface area contributed by atoms with Crippen LogP contribution in [0.5, 0.6) is 0 Å². The highest BCUT2D eigenvalue weighted by molar-refractivity contribution is 6.11. The van der Waals surface area contributed by atoms with Crippen molar-refractivity contribution in [2.75, 3.05) is 5.32 Å². The molecular formula is C19H20N2. The molecule has 21 heavy (non-hydrogen) atoms. The summed E-state index contributed by atoms with van der Waals surface area (Å²) in [6.07, 6.45) is 2.10. The van der Waals surface area contributed by atoms with E-state index in [9.17, 15) is 0 Å². The van der Waals surface area contributed by atoms with Gasteiger partial charge in [-0.25, -0.2) is 4.99 Å². The molecule has 0 saturated heterocycles. The molecule has 0 saturated carbocycles. The maximum Gasteiger partial charge on any atom is 0.0871 e. The first-order valence-electron chi connectivity index (χ1n) is 7.37. The van der Waals surface area contributed by atoms with Crippen LogP contribution in [0.2, 0.25) is 0 Å². The Balaban J connectivity index is 2.04. The van der Waals surface area contributed by atoms with Crippen LogP contribution >= 0.6 is 0 Å². The van der Waals surface area contributed by atoms with E-state index in [0.29, 0.717) is 5.92 Å². The number of para-hydroxylation sites is 2. The lowest BCUT2D eigenvalue weighted by Gasteiger charge is -2.07. The van der Waals surface area contributed by atoms with Crippen LogP contribution in [0.1, 0.15) is 37.8 Å². The highest BCUT2D eigenvalue weighted by atomic mass is 14.9. The van der Waals surface area contributed by atoms with Crippen LogP contribution in [0.3, 0.4) is 0 Å². The quantitative estimate of drug-likeness (QED) is 0.795. The maximum absolute atomic E-state index is 4.81. The first kappa shape index (κ1) is 13.6. The number of rotatable bonds is 2. The van der Waals surface area contributed by atoms with Gasteiger partial charge in [-0.05, 0) is 36.6 Å². The molecule has 0 spiro atoms. The van der Waals surface area contributed by atoms with E-state index in [1.54, 1.807) is 0 Å². The molecule has 2 nitrogen and oxygen atoms in total. The zero-order chi connectivity index (χ0) is 14.8. The van der Waals surface area contributed by atoms with Crippen LogP contribution in [-0.2, 0) is 0 Å². The second-order valence-electron chi connectivity index (χ2n) is 5.74. The summed E-state index contributed by atoms with van der Waals surface area (Å²) in [5, 5.41) is 3.40. The van der Waals surface area contributed by atoms with Crippen molar-refractivity contribution in [3.8, 4) is 0 Å². The van der Waals surface area contributed by atoms with Gasteiger partial charge >= 0.3 is 0 Å². The van der Waals surface area contributed by atoms with Crippen LogP contribution in [0.25, 0.3) is 0 Å². The van der Waals surface area contributed by atoms with Gasteiger partial charge in [-0.15, -0.1) is 0 Å². The number of nitrogens with zero attached hydrogens (tertiary/aromatic N) is 1.